The smallest absolute Gasteiger partial charge is 0.198 e. The van der Waals surface area contributed by atoms with Crippen molar-refractivity contribution in [3.05, 3.63) is 77.6 Å². The molecule has 0 saturated heterocycles. The Kier molecular flexibility index (Phi) is 2.79. The Morgan fingerprint density at radius 3 is 2.36 bits per heavy atom. The first-order chi connectivity index (χ1) is 10.8. The third-order valence-electron chi connectivity index (χ3n) is 3.89. The van der Waals surface area contributed by atoms with E-state index in [1.165, 1.54) is 0 Å². The molecule has 0 spiro atoms. The summed E-state index contributed by atoms with van der Waals surface area (Å²) in [7, 11) is 0. The average Bonchev–Trinajstić information content (AvgIpc) is 2.84. The summed E-state index contributed by atoms with van der Waals surface area (Å²) in [6.07, 6.45) is 1.72. The summed E-state index contributed by atoms with van der Waals surface area (Å²) in [5, 5.41) is 0. The van der Waals surface area contributed by atoms with Gasteiger partial charge >= 0.3 is 0 Å². The van der Waals surface area contributed by atoms with Crippen molar-refractivity contribution in [1.82, 2.24) is 4.98 Å². The number of ether oxygens (including phenoxy) is 1. The molecule has 1 aromatic heterocycles. The number of nitrogens with zero attached hydrogens (tertiary/aromatic N) is 1. The van der Waals surface area contributed by atoms with Crippen LogP contribution in [-0.2, 0) is 0 Å². The molecule has 0 fully saturated rings. The van der Waals surface area contributed by atoms with Crippen molar-refractivity contribution in [2.75, 3.05) is 0 Å². The van der Waals surface area contributed by atoms with E-state index in [2.05, 4.69) is 4.98 Å². The number of hydrogen-bond donors (Lipinski definition) is 0. The van der Waals surface area contributed by atoms with E-state index in [1.54, 1.807) is 6.20 Å². The summed E-state index contributed by atoms with van der Waals surface area (Å²) in [5.74, 6) is 1.26. The number of fused-ring (bicyclic) bond motifs is 3. The fourth-order valence-corrected chi connectivity index (χ4v) is 2.82. The van der Waals surface area contributed by atoms with Gasteiger partial charge in [0.05, 0.1) is 11.3 Å². The molecule has 1 aliphatic rings. The first-order valence-corrected chi connectivity index (χ1v) is 7.12. The molecular formula is C19H13NO2. The van der Waals surface area contributed by atoms with Gasteiger partial charge in [-0.1, -0.05) is 36.4 Å². The van der Waals surface area contributed by atoms with E-state index in [0.29, 0.717) is 17.1 Å². The largest absolute Gasteiger partial charge is 0.455 e. The van der Waals surface area contributed by atoms with E-state index < -0.39 is 0 Å². The Morgan fingerprint density at radius 2 is 1.55 bits per heavy atom. The zero-order valence-corrected chi connectivity index (χ0v) is 12.0. The molecule has 2 aromatic carbocycles. The van der Waals surface area contributed by atoms with Gasteiger partial charge in [0, 0.05) is 11.8 Å². The van der Waals surface area contributed by atoms with Crippen LogP contribution in [0.4, 0.5) is 0 Å². The van der Waals surface area contributed by atoms with Crippen LogP contribution < -0.4 is 4.74 Å². The normalized spacial score (nSPS) is 12.0. The molecule has 3 nitrogen and oxygen atoms in total. The van der Waals surface area contributed by atoms with Crippen molar-refractivity contribution < 1.29 is 9.53 Å². The van der Waals surface area contributed by atoms with Gasteiger partial charge < -0.3 is 4.74 Å². The highest BCUT2D eigenvalue weighted by Crippen LogP contribution is 2.42. The molecule has 106 valence electrons. The quantitative estimate of drug-likeness (QED) is 0.548. The number of benzene rings is 2. The van der Waals surface area contributed by atoms with Gasteiger partial charge in [0.2, 0.25) is 0 Å². The number of carbonyl (C=O) groups is 1. The molecule has 0 amide bonds. The van der Waals surface area contributed by atoms with Crippen LogP contribution in [-0.4, -0.2) is 10.8 Å². The second-order valence-corrected chi connectivity index (χ2v) is 5.24. The van der Waals surface area contributed by atoms with E-state index in [0.717, 1.165) is 22.4 Å². The van der Waals surface area contributed by atoms with Gasteiger partial charge in [-0.15, -0.1) is 0 Å². The van der Waals surface area contributed by atoms with Crippen LogP contribution in [0.3, 0.4) is 0 Å². The lowest BCUT2D eigenvalue weighted by atomic mass is 10.1. The number of aromatic nitrogens is 1. The molecule has 1 aliphatic carbocycles. The molecule has 0 atom stereocenters. The number of aryl methyl sites for hydroxylation is 1. The molecule has 1 heterocycles. The highest BCUT2D eigenvalue weighted by molar-refractivity contribution is 6.23. The summed E-state index contributed by atoms with van der Waals surface area (Å²) < 4.78 is 5.97. The van der Waals surface area contributed by atoms with Gasteiger partial charge in [0.25, 0.3) is 0 Å². The highest BCUT2D eigenvalue weighted by atomic mass is 16.5. The topological polar surface area (TPSA) is 39.2 Å². The van der Waals surface area contributed by atoms with Gasteiger partial charge in [-0.2, -0.15) is 0 Å². The summed E-state index contributed by atoms with van der Waals surface area (Å²) in [6, 6.07) is 17.0. The monoisotopic (exact) mass is 287 g/mol. The van der Waals surface area contributed by atoms with Crippen LogP contribution in [0.15, 0.2) is 60.8 Å². The Hall–Kier alpha value is -2.94. The van der Waals surface area contributed by atoms with E-state index >= 15 is 0 Å². The predicted molar refractivity (Wildman–Crippen MR) is 84.4 cm³/mol. The van der Waals surface area contributed by atoms with Crippen LogP contribution in [0.5, 0.6) is 11.5 Å². The van der Waals surface area contributed by atoms with Gasteiger partial charge in [0.15, 0.2) is 5.78 Å². The molecule has 4 rings (SSSR count). The zero-order chi connectivity index (χ0) is 15.1. The first kappa shape index (κ1) is 12.8. The second-order valence-electron chi connectivity index (χ2n) is 5.24. The third-order valence-corrected chi connectivity index (χ3v) is 3.89. The Morgan fingerprint density at radius 1 is 0.818 bits per heavy atom. The second kappa shape index (κ2) is 4.81. The lowest BCUT2D eigenvalue weighted by Crippen LogP contribution is -1.99. The minimum atomic E-state index is 0.0164. The molecule has 3 aromatic rings. The maximum atomic E-state index is 12.7. The molecule has 0 radical (unpaired) electrons. The number of pyridine rings is 1. The molecule has 0 saturated carbocycles. The minimum Gasteiger partial charge on any atom is -0.455 e. The van der Waals surface area contributed by atoms with E-state index in [-0.39, 0.29) is 5.78 Å². The first-order valence-electron chi connectivity index (χ1n) is 7.12. The predicted octanol–water partition coefficient (Wildman–Crippen LogP) is 4.39. The molecule has 0 unspecified atom stereocenters. The fourth-order valence-electron chi connectivity index (χ4n) is 2.82. The number of rotatable bonds is 2. The molecule has 0 bridgehead atoms. The summed E-state index contributed by atoms with van der Waals surface area (Å²) >= 11 is 0. The van der Waals surface area contributed by atoms with Gasteiger partial charge in [-0.05, 0) is 36.2 Å². The summed E-state index contributed by atoms with van der Waals surface area (Å²) in [6.45, 7) is 1.88. The molecule has 22 heavy (non-hydrogen) atoms. The van der Waals surface area contributed by atoms with Crippen LogP contribution >= 0.6 is 0 Å². The van der Waals surface area contributed by atoms with Crippen molar-refractivity contribution in [1.29, 1.82) is 0 Å². The lowest BCUT2D eigenvalue weighted by Gasteiger charge is -2.11. The maximum absolute atomic E-state index is 12.7. The van der Waals surface area contributed by atoms with Crippen LogP contribution in [0, 0.1) is 6.92 Å². The van der Waals surface area contributed by atoms with E-state index in [1.807, 2.05) is 61.5 Å². The summed E-state index contributed by atoms with van der Waals surface area (Å²) in [5.41, 5.74) is 4.06. The maximum Gasteiger partial charge on any atom is 0.198 e. The Balaban J connectivity index is 1.85. The van der Waals surface area contributed by atoms with Crippen molar-refractivity contribution in [3.63, 3.8) is 0 Å². The summed E-state index contributed by atoms with van der Waals surface area (Å²) in [4.78, 5) is 16.9. The lowest BCUT2D eigenvalue weighted by molar-refractivity contribution is 0.104. The Labute approximate surface area is 128 Å². The Bertz CT molecular complexity index is 899. The average molecular weight is 287 g/mol. The van der Waals surface area contributed by atoms with Crippen molar-refractivity contribution >= 4 is 5.78 Å². The van der Waals surface area contributed by atoms with Crippen LogP contribution in [0.25, 0.3) is 11.1 Å². The van der Waals surface area contributed by atoms with E-state index in [9.17, 15) is 4.79 Å². The van der Waals surface area contributed by atoms with Crippen molar-refractivity contribution in [2.45, 2.75) is 6.92 Å². The number of hydrogen-bond acceptors (Lipinski definition) is 3. The van der Waals surface area contributed by atoms with Gasteiger partial charge in [-0.3, -0.25) is 9.78 Å². The van der Waals surface area contributed by atoms with Crippen LogP contribution in [0.1, 0.15) is 21.6 Å². The van der Waals surface area contributed by atoms with Gasteiger partial charge in [0.1, 0.15) is 11.5 Å². The van der Waals surface area contributed by atoms with Crippen molar-refractivity contribution in [2.24, 2.45) is 0 Å². The molecule has 0 aliphatic heterocycles. The molecule has 3 heteroatoms. The number of carbonyl (C=O) groups excluding carboxylic acids is 1. The van der Waals surface area contributed by atoms with Crippen molar-refractivity contribution in [3.8, 4) is 22.6 Å². The molecular weight excluding hydrogens is 274 g/mol. The van der Waals surface area contributed by atoms with E-state index in [4.69, 9.17) is 4.74 Å². The number of ketones is 1. The van der Waals surface area contributed by atoms with Crippen LogP contribution in [0.2, 0.25) is 0 Å². The highest BCUT2D eigenvalue weighted by Gasteiger charge is 2.29. The molecule has 0 N–H and O–H groups in total. The standard InChI is InChI=1S/C19H13NO2/c1-12-16(10-5-11-20-12)22-17-9-4-8-14-13-6-2-3-7-15(13)19(21)18(14)17/h2-11H,1H3. The zero-order valence-electron chi connectivity index (χ0n) is 12.0. The third kappa shape index (κ3) is 1.83. The van der Waals surface area contributed by atoms with Gasteiger partial charge in [-0.25, -0.2) is 0 Å². The fraction of sp³-hybridized carbons (Fsp3) is 0.0526. The minimum absolute atomic E-state index is 0.0164. The SMILES string of the molecule is Cc1ncccc1Oc1cccc2c1C(=O)c1ccccc1-2.